The van der Waals surface area contributed by atoms with Gasteiger partial charge in [0.25, 0.3) is 0 Å². The van der Waals surface area contributed by atoms with E-state index in [4.69, 9.17) is 20.9 Å². The first kappa shape index (κ1) is 24.9. The van der Waals surface area contributed by atoms with E-state index in [9.17, 15) is 0 Å². The number of ether oxygens (including phenoxy) is 1. The molecule has 3 rings (SSSR count). The molecule has 9 heteroatoms. The van der Waals surface area contributed by atoms with E-state index >= 15 is 0 Å². The molecule has 7 nitrogen and oxygen atoms in total. The minimum Gasteiger partial charge on any atom is -0.496 e. The summed E-state index contributed by atoms with van der Waals surface area (Å²) < 4.78 is 10.8. The molecule has 0 bridgehead atoms. The number of aliphatic imine (C=N–C) groups is 1. The number of hydrogen-bond donors (Lipinski definition) is 2. The third-order valence-corrected chi connectivity index (χ3v) is 4.61. The van der Waals surface area contributed by atoms with Crippen molar-refractivity contribution in [2.45, 2.75) is 26.8 Å². The quantitative estimate of drug-likeness (QED) is 0.240. The molecule has 0 saturated carbocycles. The topological polar surface area (TPSA) is 84.6 Å². The van der Waals surface area contributed by atoms with Crippen molar-refractivity contribution in [1.82, 2.24) is 20.8 Å². The van der Waals surface area contributed by atoms with Crippen LogP contribution in [0.2, 0.25) is 5.02 Å². The van der Waals surface area contributed by atoms with Crippen molar-refractivity contribution < 1.29 is 9.26 Å². The number of benzene rings is 2. The zero-order valence-corrected chi connectivity index (χ0v) is 20.9. The standard InChI is InChI=1S/C22H26ClN5O2.HI/c1-4-24-22(26-14-17-9-8-15(2)12-19(17)29-3)25-11-10-20-27-21(28-30-20)16-6-5-7-18(23)13-16;/h5-9,12-13H,4,10-11,14H2,1-3H3,(H2,24,25,26);1H. The largest absolute Gasteiger partial charge is 0.496 e. The normalized spacial score (nSPS) is 11.0. The lowest BCUT2D eigenvalue weighted by Crippen LogP contribution is -2.38. The maximum Gasteiger partial charge on any atom is 0.228 e. The molecule has 0 fully saturated rings. The molecule has 166 valence electrons. The van der Waals surface area contributed by atoms with E-state index in [0.29, 0.717) is 36.2 Å². The number of nitrogens with zero attached hydrogens (tertiary/aromatic N) is 3. The lowest BCUT2D eigenvalue weighted by molar-refractivity contribution is 0.378. The van der Waals surface area contributed by atoms with Crippen molar-refractivity contribution in [2.75, 3.05) is 20.2 Å². The summed E-state index contributed by atoms with van der Waals surface area (Å²) in [5, 5.41) is 11.2. The molecule has 0 radical (unpaired) electrons. The van der Waals surface area contributed by atoms with Crippen molar-refractivity contribution in [3.63, 3.8) is 0 Å². The molecule has 0 atom stereocenters. The zero-order valence-electron chi connectivity index (χ0n) is 17.8. The molecule has 2 aromatic carbocycles. The number of hydrogen-bond acceptors (Lipinski definition) is 5. The van der Waals surface area contributed by atoms with Gasteiger partial charge in [-0.15, -0.1) is 24.0 Å². The van der Waals surface area contributed by atoms with Gasteiger partial charge in [-0.2, -0.15) is 4.98 Å². The van der Waals surface area contributed by atoms with Crippen LogP contribution in [0, 0.1) is 6.92 Å². The van der Waals surface area contributed by atoms with Gasteiger partial charge in [-0.25, -0.2) is 4.99 Å². The Morgan fingerprint density at radius 2 is 2.03 bits per heavy atom. The highest BCUT2D eigenvalue weighted by atomic mass is 127. The maximum absolute atomic E-state index is 6.03. The third kappa shape index (κ3) is 7.39. The summed E-state index contributed by atoms with van der Waals surface area (Å²) in [5.74, 6) is 2.64. The number of guanidine groups is 1. The second-order valence-corrected chi connectivity index (χ2v) is 7.15. The average molecular weight is 556 g/mol. The second kappa shape index (κ2) is 12.5. The smallest absolute Gasteiger partial charge is 0.228 e. The van der Waals surface area contributed by atoms with Crippen LogP contribution in [0.4, 0.5) is 0 Å². The van der Waals surface area contributed by atoms with Gasteiger partial charge in [-0.1, -0.05) is 41.0 Å². The summed E-state index contributed by atoms with van der Waals surface area (Å²) >= 11 is 6.03. The van der Waals surface area contributed by atoms with E-state index in [1.807, 2.05) is 50.2 Å². The molecular formula is C22H27ClIN5O2. The van der Waals surface area contributed by atoms with Crippen LogP contribution < -0.4 is 15.4 Å². The van der Waals surface area contributed by atoms with Crippen LogP contribution in [-0.2, 0) is 13.0 Å². The van der Waals surface area contributed by atoms with Crippen LogP contribution in [-0.4, -0.2) is 36.3 Å². The van der Waals surface area contributed by atoms with Crippen LogP contribution in [0.3, 0.4) is 0 Å². The van der Waals surface area contributed by atoms with Gasteiger partial charge in [0.1, 0.15) is 5.75 Å². The molecule has 0 unspecified atom stereocenters. The number of aromatic nitrogens is 2. The molecule has 31 heavy (non-hydrogen) atoms. The van der Waals surface area contributed by atoms with Gasteiger partial charge in [0, 0.05) is 35.7 Å². The van der Waals surface area contributed by atoms with Crippen LogP contribution >= 0.6 is 35.6 Å². The van der Waals surface area contributed by atoms with Crippen LogP contribution in [0.5, 0.6) is 5.75 Å². The van der Waals surface area contributed by atoms with E-state index in [1.54, 1.807) is 7.11 Å². The Morgan fingerprint density at radius 3 is 2.77 bits per heavy atom. The van der Waals surface area contributed by atoms with E-state index in [0.717, 1.165) is 34.9 Å². The molecule has 0 saturated heterocycles. The van der Waals surface area contributed by atoms with Crippen LogP contribution in [0.15, 0.2) is 52.0 Å². The molecule has 0 spiro atoms. The minimum absolute atomic E-state index is 0. The number of methoxy groups -OCH3 is 1. The molecule has 2 N–H and O–H groups in total. The fourth-order valence-corrected chi connectivity index (χ4v) is 3.07. The first-order valence-corrected chi connectivity index (χ1v) is 10.2. The monoisotopic (exact) mass is 555 g/mol. The minimum atomic E-state index is 0. The van der Waals surface area contributed by atoms with Gasteiger partial charge in [-0.05, 0) is 37.6 Å². The van der Waals surface area contributed by atoms with Crippen molar-refractivity contribution >= 4 is 41.5 Å². The summed E-state index contributed by atoms with van der Waals surface area (Å²) in [4.78, 5) is 9.08. The Kier molecular flexibility index (Phi) is 10.1. The molecule has 0 aliphatic heterocycles. The second-order valence-electron chi connectivity index (χ2n) is 6.71. The lowest BCUT2D eigenvalue weighted by Gasteiger charge is -2.12. The Hall–Kier alpha value is -2.33. The predicted octanol–water partition coefficient (Wildman–Crippen LogP) is 4.62. The number of halogens is 2. The predicted molar refractivity (Wildman–Crippen MR) is 134 cm³/mol. The number of nitrogens with one attached hydrogen (secondary N) is 2. The fourth-order valence-electron chi connectivity index (χ4n) is 2.88. The van der Waals surface area contributed by atoms with E-state index in [-0.39, 0.29) is 24.0 Å². The average Bonchev–Trinajstić information content (AvgIpc) is 3.21. The third-order valence-electron chi connectivity index (χ3n) is 4.38. The molecule has 0 aliphatic rings. The molecule has 0 aliphatic carbocycles. The van der Waals surface area contributed by atoms with Crippen molar-refractivity contribution in [3.8, 4) is 17.1 Å². The zero-order chi connectivity index (χ0) is 21.3. The Bertz CT molecular complexity index is 1010. The van der Waals surface area contributed by atoms with Gasteiger partial charge in [0.2, 0.25) is 11.7 Å². The van der Waals surface area contributed by atoms with Crippen LogP contribution in [0.1, 0.15) is 23.9 Å². The number of aryl methyl sites for hydroxylation is 1. The van der Waals surface area contributed by atoms with Gasteiger partial charge in [0.15, 0.2) is 5.96 Å². The van der Waals surface area contributed by atoms with E-state index in [2.05, 4.69) is 31.8 Å². The molecule has 1 aromatic heterocycles. The van der Waals surface area contributed by atoms with Gasteiger partial charge in [0.05, 0.1) is 13.7 Å². The lowest BCUT2D eigenvalue weighted by atomic mass is 10.1. The highest BCUT2D eigenvalue weighted by Crippen LogP contribution is 2.21. The molecule has 1 heterocycles. The van der Waals surface area contributed by atoms with Gasteiger partial charge < -0.3 is 19.9 Å². The highest BCUT2D eigenvalue weighted by Gasteiger charge is 2.09. The Balaban J connectivity index is 0.00000341. The highest BCUT2D eigenvalue weighted by molar-refractivity contribution is 14.0. The molecule has 0 amide bonds. The fraction of sp³-hybridized carbons (Fsp3) is 0.318. The SMILES string of the molecule is CCNC(=NCc1ccc(C)cc1OC)NCCc1nc(-c2cccc(Cl)c2)no1.I. The van der Waals surface area contributed by atoms with Crippen molar-refractivity contribution in [2.24, 2.45) is 4.99 Å². The van der Waals surface area contributed by atoms with Gasteiger partial charge in [-0.3, -0.25) is 0 Å². The van der Waals surface area contributed by atoms with E-state index < -0.39 is 0 Å². The Morgan fingerprint density at radius 1 is 1.19 bits per heavy atom. The van der Waals surface area contributed by atoms with E-state index in [1.165, 1.54) is 0 Å². The summed E-state index contributed by atoms with van der Waals surface area (Å²) in [7, 11) is 1.67. The van der Waals surface area contributed by atoms with Crippen molar-refractivity contribution in [1.29, 1.82) is 0 Å². The van der Waals surface area contributed by atoms with Crippen molar-refractivity contribution in [3.05, 3.63) is 64.5 Å². The number of rotatable bonds is 8. The summed E-state index contributed by atoms with van der Waals surface area (Å²) in [5.41, 5.74) is 3.01. The summed E-state index contributed by atoms with van der Waals surface area (Å²) in [6, 6.07) is 13.5. The summed E-state index contributed by atoms with van der Waals surface area (Å²) in [6.07, 6.45) is 0.575. The maximum atomic E-state index is 6.03. The Labute approximate surface area is 204 Å². The van der Waals surface area contributed by atoms with Gasteiger partial charge >= 0.3 is 0 Å². The van der Waals surface area contributed by atoms with Crippen LogP contribution in [0.25, 0.3) is 11.4 Å². The molecule has 3 aromatic rings. The summed E-state index contributed by atoms with van der Waals surface area (Å²) in [6.45, 7) is 5.94. The first-order valence-electron chi connectivity index (χ1n) is 9.83. The first-order chi connectivity index (χ1) is 14.6. The molecular weight excluding hydrogens is 529 g/mol.